The highest BCUT2D eigenvalue weighted by Crippen LogP contribution is 2.35. The fourth-order valence-electron chi connectivity index (χ4n) is 2.68. The molecule has 1 aromatic carbocycles. The molecule has 0 saturated carbocycles. The molecule has 0 bridgehead atoms. The summed E-state index contributed by atoms with van der Waals surface area (Å²) >= 11 is 6.66. The van der Waals surface area contributed by atoms with Crippen LogP contribution in [-0.4, -0.2) is 27.3 Å². The van der Waals surface area contributed by atoms with Crippen molar-refractivity contribution in [2.45, 2.75) is 26.1 Å². The lowest BCUT2D eigenvalue weighted by atomic mass is 10.1. The number of H-pyrrole nitrogens is 1. The van der Waals surface area contributed by atoms with Crippen LogP contribution in [0.15, 0.2) is 35.7 Å². The molecule has 1 atom stereocenters. The maximum Gasteiger partial charge on any atom is 0.416 e. The molecule has 0 fully saturated rings. The predicted molar refractivity (Wildman–Crippen MR) is 107 cm³/mol. The van der Waals surface area contributed by atoms with E-state index in [-0.39, 0.29) is 22.8 Å². The molecule has 2 aromatic heterocycles. The van der Waals surface area contributed by atoms with Crippen LogP contribution in [-0.2, 0) is 11.0 Å². The quantitative estimate of drug-likeness (QED) is 0.509. The van der Waals surface area contributed by atoms with Gasteiger partial charge in [0.1, 0.15) is 11.8 Å². The molecule has 11 heteroatoms. The van der Waals surface area contributed by atoms with Gasteiger partial charge in [0.15, 0.2) is 10.6 Å². The zero-order valence-corrected chi connectivity index (χ0v) is 17.0. The Labute approximate surface area is 173 Å². The van der Waals surface area contributed by atoms with Gasteiger partial charge < -0.3 is 10.1 Å². The normalized spacial score (nSPS) is 12.6. The molecule has 3 aromatic rings. The van der Waals surface area contributed by atoms with Crippen molar-refractivity contribution in [2.75, 3.05) is 11.9 Å². The van der Waals surface area contributed by atoms with Gasteiger partial charge in [0.25, 0.3) is 0 Å². The van der Waals surface area contributed by atoms with Gasteiger partial charge in [-0.3, -0.25) is 14.5 Å². The highest BCUT2D eigenvalue weighted by molar-refractivity contribution is 7.71. The summed E-state index contributed by atoms with van der Waals surface area (Å²) in [6.07, 6.45) is -4.55. The molecule has 0 aliphatic carbocycles. The predicted octanol–water partition coefficient (Wildman–Crippen LogP) is 5.29. The summed E-state index contributed by atoms with van der Waals surface area (Å²) in [6.45, 7) is 3.52. The number of benzene rings is 1. The summed E-state index contributed by atoms with van der Waals surface area (Å²) in [5.74, 6) is 0.0672. The summed E-state index contributed by atoms with van der Waals surface area (Å²) in [7, 11) is 0. The largest absolute Gasteiger partial charge is 0.492 e. The highest BCUT2D eigenvalue weighted by Gasteiger charge is 2.32. The molecule has 2 N–H and O–H groups in total. The third-order valence-electron chi connectivity index (χ3n) is 4.08. The molecular weight excluding hydrogens is 425 g/mol. The maximum atomic E-state index is 13.1. The van der Waals surface area contributed by atoms with Gasteiger partial charge in [-0.25, -0.2) is 0 Å². The van der Waals surface area contributed by atoms with E-state index in [9.17, 15) is 18.0 Å². The lowest BCUT2D eigenvalue weighted by Gasteiger charge is -2.18. The Bertz CT molecular complexity index is 1060. The Morgan fingerprint density at radius 1 is 1.41 bits per heavy atom. The van der Waals surface area contributed by atoms with E-state index in [2.05, 4.69) is 15.5 Å². The van der Waals surface area contributed by atoms with Crippen LogP contribution in [0.5, 0.6) is 5.75 Å². The lowest BCUT2D eigenvalue weighted by Crippen LogP contribution is -2.25. The second-order valence-corrected chi connectivity index (χ2v) is 7.34. The Hall–Kier alpha value is -2.66. The zero-order valence-electron chi connectivity index (χ0n) is 15.4. The number of aromatic amines is 1. The molecule has 3 rings (SSSR count). The van der Waals surface area contributed by atoms with Crippen molar-refractivity contribution in [1.29, 1.82) is 0 Å². The summed E-state index contributed by atoms with van der Waals surface area (Å²) in [5, 5.41) is 11.2. The Morgan fingerprint density at radius 3 is 2.79 bits per heavy atom. The van der Waals surface area contributed by atoms with Crippen LogP contribution in [0.2, 0.25) is 0 Å². The van der Waals surface area contributed by atoms with Crippen molar-refractivity contribution >= 4 is 35.1 Å². The van der Waals surface area contributed by atoms with Crippen LogP contribution in [0.1, 0.15) is 25.5 Å². The fourth-order valence-corrected chi connectivity index (χ4v) is 3.68. The number of carbonyl (C=O) groups excluding carboxylic acids is 1. The van der Waals surface area contributed by atoms with E-state index >= 15 is 0 Å². The summed E-state index contributed by atoms with van der Waals surface area (Å²) in [6, 6.07) is 5.78. The van der Waals surface area contributed by atoms with Gasteiger partial charge in [0, 0.05) is 0 Å². The van der Waals surface area contributed by atoms with Crippen LogP contribution in [0.4, 0.5) is 18.9 Å². The lowest BCUT2D eigenvalue weighted by molar-refractivity contribution is -0.137. The van der Waals surface area contributed by atoms with E-state index in [1.807, 2.05) is 17.5 Å². The van der Waals surface area contributed by atoms with Crippen LogP contribution in [0, 0.1) is 4.77 Å². The summed E-state index contributed by atoms with van der Waals surface area (Å²) in [5.41, 5.74) is -0.950. The summed E-state index contributed by atoms with van der Waals surface area (Å²) < 4.78 is 46.4. The van der Waals surface area contributed by atoms with E-state index in [4.69, 9.17) is 17.0 Å². The third-order valence-corrected chi connectivity index (χ3v) is 5.23. The van der Waals surface area contributed by atoms with Crippen molar-refractivity contribution in [3.63, 3.8) is 0 Å². The molecule has 0 saturated heterocycles. The number of nitrogens with one attached hydrogen (secondary N) is 2. The highest BCUT2D eigenvalue weighted by atomic mass is 32.1. The minimum atomic E-state index is -4.55. The number of amides is 1. The molecule has 0 radical (unpaired) electrons. The number of anilines is 1. The smallest absolute Gasteiger partial charge is 0.416 e. The average Bonchev–Trinajstić information content (AvgIpc) is 3.31. The number of aromatic nitrogens is 3. The number of thiophene rings is 1. The van der Waals surface area contributed by atoms with Crippen molar-refractivity contribution in [2.24, 2.45) is 0 Å². The van der Waals surface area contributed by atoms with Crippen molar-refractivity contribution in [3.8, 4) is 16.5 Å². The first kappa shape index (κ1) is 21.1. The Morgan fingerprint density at radius 2 is 2.17 bits per heavy atom. The first-order chi connectivity index (χ1) is 13.7. The monoisotopic (exact) mass is 442 g/mol. The van der Waals surface area contributed by atoms with Gasteiger partial charge >= 0.3 is 6.18 Å². The van der Waals surface area contributed by atoms with Gasteiger partial charge in [0.2, 0.25) is 5.91 Å². The van der Waals surface area contributed by atoms with Gasteiger partial charge in [-0.05, 0) is 55.7 Å². The molecule has 0 aliphatic heterocycles. The van der Waals surface area contributed by atoms with Crippen molar-refractivity contribution in [3.05, 3.63) is 46.0 Å². The van der Waals surface area contributed by atoms with Crippen molar-refractivity contribution in [1.82, 2.24) is 14.8 Å². The van der Waals surface area contributed by atoms with E-state index in [0.717, 1.165) is 17.0 Å². The SMILES string of the molecule is CCOc1ccc(C(F)(F)F)cc1NC(=O)C(C)n1c(-c2cccs2)n[nH]c1=S. The molecule has 154 valence electrons. The van der Waals surface area contributed by atoms with Crippen LogP contribution in [0.3, 0.4) is 0 Å². The number of ether oxygens (including phenoxy) is 1. The number of nitrogens with zero attached hydrogens (tertiary/aromatic N) is 2. The van der Waals surface area contributed by atoms with Crippen LogP contribution >= 0.6 is 23.6 Å². The Balaban J connectivity index is 1.93. The standard InChI is InChI=1S/C18H17F3N4O2S2/c1-3-27-13-7-6-11(18(19,20)21)9-12(13)22-16(26)10(2)25-15(23-24-17(25)28)14-5-4-8-29-14/h4-10H,3H2,1-2H3,(H,22,26)(H,24,28). The molecule has 1 amide bonds. The molecular formula is C18H17F3N4O2S2. The van der Waals surface area contributed by atoms with Gasteiger partial charge in [0.05, 0.1) is 22.7 Å². The van der Waals surface area contributed by atoms with Gasteiger partial charge in [-0.15, -0.1) is 11.3 Å². The second kappa shape index (κ2) is 8.37. The number of rotatable bonds is 6. The third kappa shape index (κ3) is 4.51. The summed E-state index contributed by atoms with van der Waals surface area (Å²) in [4.78, 5) is 13.6. The average molecular weight is 442 g/mol. The van der Waals surface area contributed by atoms with E-state index in [0.29, 0.717) is 5.82 Å². The van der Waals surface area contributed by atoms with Crippen molar-refractivity contribution < 1.29 is 22.7 Å². The maximum absolute atomic E-state index is 13.1. The van der Waals surface area contributed by atoms with Gasteiger partial charge in [-0.2, -0.15) is 18.3 Å². The van der Waals surface area contributed by atoms with E-state index in [1.165, 1.54) is 22.0 Å². The zero-order chi connectivity index (χ0) is 21.2. The van der Waals surface area contributed by atoms with E-state index in [1.54, 1.807) is 13.8 Å². The number of hydrogen-bond acceptors (Lipinski definition) is 5. The molecule has 6 nitrogen and oxygen atoms in total. The number of halogens is 3. The van der Waals surface area contributed by atoms with E-state index < -0.39 is 23.7 Å². The second-order valence-electron chi connectivity index (χ2n) is 6.01. The van der Waals surface area contributed by atoms with Crippen LogP contribution < -0.4 is 10.1 Å². The molecule has 0 aliphatic rings. The van der Waals surface area contributed by atoms with Crippen LogP contribution in [0.25, 0.3) is 10.7 Å². The molecule has 29 heavy (non-hydrogen) atoms. The fraction of sp³-hybridized carbons (Fsp3) is 0.278. The first-order valence-corrected chi connectivity index (χ1v) is 9.86. The molecule has 2 heterocycles. The molecule has 1 unspecified atom stereocenters. The minimum absolute atomic E-state index is 0.0637. The Kier molecular flexibility index (Phi) is 6.08. The topological polar surface area (TPSA) is 71.9 Å². The minimum Gasteiger partial charge on any atom is -0.492 e. The first-order valence-electron chi connectivity index (χ1n) is 8.58. The van der Waals surface area contributed by atoms with Gasteiger partial charge in [-0.1, -0.05) is 6.07 Å². The molecule has 0 spiro atoms. The number of hydrogen-bond donors (Lipinski definition) is 2. The number of alkyl halides is 3. The number of carbonyl (C=O) groups is 1.